The maximum absolute atomic E-state index is 5.45. The maximum Gasteiger partial charge on any atom is 0.225 e. The topological polar surface area (TPSA) is 38.2 Å². The summed E-state index contributed by atoms with van der Waals surface area (Å²) in [5, 5.41) is 0. The minimum Gasteiger partial charge on any atom is -0.381 e. The van der Waals surface area contributed by atoms with E-state index < -0.39 is 0 Å². The highest BCUT2D eigenvalue weighted by molar-refractivity contribution is 5.32. The Balaban J connectivity index is 1.76. The smallest absolute Gasteiger partial charge is 0.225 e. The van der Waals surface area contributed by atoms with Crippen molar-refractivity contribution < 1.29 is 4.74 Å². The number of hydrogen-bond donors (Lipinski definition) is 0. The molecule has 2 fully saturated rings. The molecule has 3 heterocycles. The Morgan fingerprint density at radius 3 is 2.40 bits per heavy atom. The molecular formula is C11H15N3O. The first-order valence-corrected chi connectivity index (χ1v) is 5.44. The van der Waals surface area contributed by atoms with Crippen molar-refractivity contribution in [1.29, 1.82) is 0 Å². The number of rotatable bonds is 1. The molecule has 2 aliphatic rings. The summed E-state index contributed by atoms with van der Waals surface area (Å²) in [6, 6.07) is 0. The molecule has 0 spiro atoms. The predicted octanol–water partition coefficient (Wildman–Crippen LogP) is 0.868. The third-order valence-electron chi connectivity index (χ3n) is 3.29. The van der Waals surface area contributed by atoms with E-state index in [2.05, 4.69) is 14.9 Å². The van der Waals surface area contributed by atoms with E-state index in [1.54, 1.807) is 0 Å². The molecule has 3 rings (SSSR count). The predicted molar refractivity (Wildman–Crippen MR) is 56.8 cm³/mol. The van der Waals surface area contributed by atoms with E-state index >= 15 is 0 Å². The molecule has 15 heavy (non-hydrogen) atoms. The highest BCUT2D eigenvalue weighted by Gasteiger charge is 2.37. The van der Waals surface area contributed by atoms with Crippen molar-refractivity contribution in [2.75, 3.05) is 31.2 Å². The van der Waals surface area contributed by atoms with E-state index in [4.69, 9.17) is 4.74 Å². The lowest BCUT2D eigenvalue weighted by Gasteiger charge is -2.16. The van der Waals surface area contributed by atoms with Crippen molar-refractivity contribution in [3.8, 4) is 0 Å². The van der Waals surface area contributed by atoms with E-state index in [0.717, 1.165) is 37.8 Å². The molecule has 4 nitrogen and oxygen atoms in total. The third kappa shape index (κ3) is 1.59. The molecule has 2 aliphatic heterocycles. The summed E-state index contributed by atoms with van der Waals surface area (Å²) >= 11 is 0. The first-order chi connectivity index (χ1) is 7.33. The minimum atomic E-state index is 0.690. The van der Waals surface area contributed by atoms with Gasteiger partial charge in [-0.15, -0.1) is 0 Å². The van der Waals surface area contributed by atoms with Crippen LogP contribution in [-0.4, -0.2) is 36.3 Å². The molecule has 0 amide bonds. The van der Waals surface area contributed by atoms with Gasteiger partial charge in [0.25, 0.3) is 0 Å². The molecule has 0 aliphatic carbocycles. The SMILES string of the molecule is Cc1cnc(N2C[C@H]3COC[C@@H]3C2)nc1. The second-order valence-electron chi connectivity index (χ2n) is 4.52. The van der Waals surface area contributed by atoms with Crippen molar-refractivity contribution in [2.24, 2.45) is 11.8 Å². The van der Waals surface area contributed by atoms with E-state index in [1.807, 2.05) is 19.3 Å². The molecule has 0 aromatic carbocycles. The van der Waals surface area contributed by atoms with Crippen molar-refractivity contribution in [1.82, 2.24) is 9.97 Å². The van der Waals surface area contributed by atoms with E-state index in [-0.39, 0.29) is 0 Å². The second-order valence-corrected chi connectivity index (χ2v) is 4.52. The van der Waals surface area contributed by atoms with Crippen LogP contribution in [0.25, 0.3) is 0 Å². The fourth-order valence-corrected chi connectivity index (χ4v) is 2.40. The zero-order valence-corrected chi connectivity index (χ0v) is 8.89. The first-order valence-electron chi connectivity index (χ1n) is 5.44. The van der Waals surface area contributed by atoms with Crippen molar-refractivity contribution in [2.45, 2.75) is 6.92 Å². The van der Waals surface area contributed by atoms with E-state index in [0.29, 0.717) is 11.8 Å². The summed E-state index contributed by atoms with van der Waals surface area (Å²) in [5.41, 5.74) is 1.11. The largest absolute Gasteiger partial charge is 0.381 e. The molecule has 0 saturated carbocycles. The van der Waals surface area contributed by atoms with Crippen LogP contribution in [0.2, 0.25) is 0 Å². The third-order valence-corrected chi connectivity index (χ3v) is 3.29. The Kier molecular flexibility index (Phi) is 2.09. The lowest BCUT2D eigenvalue weighted by molar-refractivity contribution is 0.177. The molecule has 0 bridgehead atoms. The lowest BCUT2D eigenvalue weighted by Crippen LogP contribution is -2.24. The number of aromatic nitrogens is 2. The van der Waals surface area contributed by atoms with Gasteiger partial charge in [0.05, 0.1) is 13.2 Å². The quantitative estimate of drug-likeness (QED) is 0.682. The molecular weight excluding hydrogens is 190 g/mol. The summed E-state index contributed by atoms with van der Waals surface area (Å²) in [6.45, 7) is 5.93. The molecule has 2 atom stereocenters. The highest BCUT2D eigenvalue weighted by Crippen LogP contribution is 2.30. The molecule has 0 radical (unpaired) electrons. The van der Waals surface area contributed by atoms with Gasteiger partial charge < -0.3 is 9.64 Å². The van der Waals surface area contributed by atoms with Gasteiger partial charge >= 0.3 is 0 Å². The highest BCUT2D eigenvalue weighted by atomic mass is 16.5. The number of hydrogen-bond acceptors (Lipinski definition) is 4. The van der Waals surface area contributed by atoms with Gasteiger partial charge in [0.2, 0.25) is 5.95 Å². The van der Waals surface area contributed by atoms with Gasteiger partial charge in [-0.25, -0.2) is 9.97 Å². The maximum atomic E-state index is 5.45. The lowest BCUT2D eigenvalue weighted by atomic mass is 10.0. The average molecular weight is 205 g/mol. The van der Waals surface area contributed by atoms with Crippen LogP contribution < -0.4 is 4.90 Å². The second kappa shape index (κ2) is 3.45. The van der Waals surface area contributed by atoms with Gasteiger partial charge in [-0.05, 0) is 12.5 Å². The van der Waals surface area contributed by atoms with Crippen LogP contribution in [-0.2, 0) is 4.74 Å². The Labute approximate surface area is 89.3 Å². The first kappa shape index (κ1) is 9.09. The number of fused-ring (bicyclic) bond motifs is 1. The monoisotopic (exact) mass is 205 g/mol. The van der Waals surface area contributed by atoms with Crippen LogP contribution in [0.5, 0.6) is 0 Å². The van der Waals surface area contributed by atoms with Crippen molar-refractivity contribution >= 4 is 5.95 Å². The zero-order valence-electron chi connectivity index (χ0n) is 8.89. The molecule has 4 heteroatoms. The Bertz CT molecular complexity index is 339. The van der Waals surface area contributed by atoms with Gasteiger partial charge in [-0.1, -0.05) is 0 Å². The Hall–Kier alpha value is -1.16. The van der Waals surface area contributed by atoms with Crippen molar-refractivity contribution in [3.63, 3.8) is 0 Å². The summed E-state index contributed by atoms with van der Waals surface area (Å²) < 4.78 is 5.45. The molecule has 1 aromatic rings. The van der Waals surface area contributed by atoms with Gasteiger partial charge in [-0.2, -0.15) is 0 Å². The van der Waals surface area contributed by atoms with E-state index in [9.17, 15) is 0 Å². The number of aryl methyl sites for hydroxylation is 1. The van der Waals surface area contributed by atoms with Crippen LogP contribution in [0, 0.1) is 18.8 Å². The van der Waals surface area contributed by atoms with Crippen molar-refractivity contribution in [3.05, 3.63) is 18.0 Å². The standard InChI is InChI=1S/C11H15N3O/c1-8-2-12-11(13-3-8)14-4-9-6-15-7-10(9)5-14/h2-3,9-10H,4-7H2,1H3/t9-,10-/m0/s1. The number of ether oxygens (including phenoxy) is 1. The van der Waals surface area contributed by atoms with Gasteiger partial charge in [0, 0.05) is 37.3 Å². The molecule has 0 N–H and O–H groups in total. The summed E-state index contributed by atoms with van der Waals surface area (Å²) in [5.74, 6) is 2.25. The van der Waals surface area contributed by atoms with Crippen LogP contribution in [0.3, 0.4) is 0 Å². The van der Waals surface area contributed by atoms with Crippen LogP contribution in [0.4, 0.5) is 5.95 Å². The Morgan fingerprint density at radius 2 is 1.80 bits per heavy atom. The van der Waals surface area contributed by atoms with Gasteiger partial charge in [-0.3, -0.25) is 0 Å². The van der Waals surface area contributed by atoms with Gasteiger partial charge in [0.15, 0.2) is 0 Å². The molecule has 0 unspecified atom stereocenters. The summed E-state index contributed by atoms with van der Waals surface area (Å²) in [6.07, 6.45) is 3.76. The minimum absolute atomic E-state index is 0.690. The fraction of sp³-hybridized carbons (Fsp3) is 0.636. The van der Waals surface area contributed by atoms with Gasteiger partial charge in [0.1, 0.15) is 0 Å². The number of anilines is 1. The summed E-state index contributed by atoms with van der Waals surface area (Å²) in [7, 11) is 0. The molecule has 2 saturated heterocycles. The Morgan fingerprint density at radius 1 is 1.20 bits per heavy atom. The number of nitrogens with zero attached hydrogens (tertiary/aromatic N) is 3. The summed E-state index contributed by atoms with van der Waals surface area (Å²) in [4.78, 5) is 11.0. The van der Waals surface area contributed by atoms with E-state index in [1.165, 1.54) is 0 Å². The fourth-order valence-electron chi connectivity index (χ4n) is 2.40. The molecule has 1 aromatic heterocycles. The van der Waals surface area contributed by atoms with Crippen LogP contribution >= 0.6 is 0 Å². The average Bonchev–Trinajstić information content (AvgIpc) is 2.78. The zero-order chi connectivity index (χ0) is 10.3. The molecule has 80 valence electrons. The van der Waals surface area contributed by atoms with Crippen LogP contribution in [0.1, 0.15) is 5.56 Å². The normalized spacial score (nSPS) is 29.5. The van der Waals surface area contributed by atoms with Crippen LogP contribution in [0.15, 0.2) is 12.4 Å².